The highest BCUT2D eigenvalue weighted by Gasteiger charge is 2.39. The number of pyridine rings is 1. The van der Waals surface area contributed by atoms with Crippen LogP contribution in [0.3, 0.4) is 0 Å². The fourth-order valence-corrected chi connectivity index (χ4v) is 2.62. The molecule has 1 aliphatic heterocycles. The third kappa shape index (κ3) is 3.70. The Morgan fingerprint density at radius 2 is 2.04 bits per heavy atom. The van der Waals surface area contributed by atoms with Gasteiger partial charge in [0.2, 0.25) is 5.91 Å². The van der Waals surface area contributed by atoms with Crippen LogP contribution in [0.5, 0.6) is 5.75 Å². The lowest BCUT2D eigenvalue weighted by Gasteiger charge is -2.16. The Bertz CT molecular complexity index is 825. The highest BCUT2D eigenvalue weighted by molar-refractivity contribution is 6.22. The molecule has 0 radical (unpaired) electrons. The predicted octanol–water partition coefficient (Wildman–Crippen LogP) is 1.05. The van der Waals surface area contributed by atoms with Gasteiger partial charge in [0.25, 0.3) is 11.8 Å². The lowest BCUT2D eigenvalue weighted by atomic mass is 10.2. The van der Waals surface area contributed by atoms with Gasteiger partial charge < -0.3 is 4.74 Å². The summed E-state index contributed by atoms with van der Waals surface area (Å²) in [5.74, 6) is -0.615. The largest absolute Gasteiger partial charge is 0.494 e. The van der Waals surface area contributed by atoms with Crippen LogP contribution in [0, 0.1) is 0 Å². The van der Waals surface area contributed by atoms with Crippen LogP contribution in [-0.2, 0) is 9.59 Å². The fourth-order valence-electron chi connectivity index (χ4n) is 2.62. The zero-order valence-corrected chi connectivity index (χ0v) is 14.1. The number of nitrogens with zero attached hydrogens (tertiary/aromatic N) is 2. The van der Waals surface area contributed by atoms with Crippen molar-refractivity contribution in [2.45, 2.75) is 19.4 Å². The van der Waals surface area contributed by atoms with Gasteiger partial charge in [0, 0.05) is 24.0 Å². The average molecular weight is 354 g/mol. The summed E-state index contributed by atoms with van der Waals surface area (Å²) in [6, 6.07) is 9.03. The number of benzene rings is 1. The first kappa shape index (κ1) is 17.6. The fraction of sp³-hybridized carbons (Fsp3) is 0.222. The smallest absolute Gasteiger partial charge is 0.265 e. The molecule has 8 heteroatoms. The van der Waals surface area contributed by atoms with E-state index in [0.717, 1.165) is 4.90 Å². The molecule has 8 nitrogen and oxygen atoms in total. The van der Waals surface area contributed by atoms with Crippen molar-refractivity contribution in [2.24, 2.45) is 0 Å². The zero-order valence-electron chi connectivity index (χ0n) is 14.1. The number of carbonyl (C=O) groups excluding carboxylic acids is 3. The summed E-state index contributed by atoms with van der Waals surface area (Å²) in [4.78, 5) is 41.8. The number of amides is 3. The summed E-state index contributed by atoms with van der Waals surface area (Å²) in [5, 5.41) is 0. The predicted molar refractivity (Wildman–Crippen MR) is 93.3 cm³/mol. The van der Waals surface area contributed by atoms with E-state index in [-0.39, 0.29) is 12.3 Å². The summed E-state index contributed by atoms with van der Waals surface area (Å²) < 4.78 is 5.40. The molecule has 0 bridgehead atoms. The zero-order chi connectivity index (χ0) is 18.5. The quantitative estimate of drug-likeness (QED) is 0.594. The third-order valence-electron chi connectivity index (χ3n) is 3.84. The molecule has 1 aromatic heterocycles. The van der Waals surface area contributed by atoms with Gasteiger partial charge in [-0.1, -0.05) is 6.07 Å². The molecule has 2 heterocycles. The normalized spacial score (nSPS) is 16.7. The van der Waals surface area contributed by atoms with Gasteiger partial charge in [0.05, 0.1) is 18.7 Å². The van der Waals surface area contributed by atoms with Crippen LogP contribution >= 0.6 is 0 Å². The van der Waals surface area contributed by atoms with Crippen LogP contribution in [0.25, 0.3) is 0 Å². The van der Waals surface area contributed by atoms with Gasteiger partial charge >= 0.3 is 0 Å². The number of nitrogens with one attached hydrogen (secondary N) is 2. The Hall–Kier alpha value is -3.26. The number of ether oxygens (including phenoxy) is 1. The molecular weight excluding hydrogens is 336 g/mol. The second-order valence-corrected chi connectivity index (χ2v) is 5.59. The van der Waals surface area contributed by atoms with Crippen molar-refractivity contribution in [3.63, 3.8) is 0 Å². The number of hydrazine groups is 1. The molecule has 26 heavy (non-hydrogen) atoms. The summed E-state index contributed by atoms with van der Waals surface area (Å²) in [6.07, 6.45) is 2.94. The molecule has 1 aromatic carbocycles. The summed E-state index contributed by atoms with van der Waals surface area (Å²) in [7, 11) is 0. The topological polar surface area (TPSA) is 101 Å². The molecule has 3 amide bonds. The first-order chi connectivity index (χ1) is 12.6. The van der Waals surface area contributed by atoms with Gasteiger partial charge in [-0.15, -0.1) is 0 Å². The molecule has 3 rings (SSSR count). The Morgan fingerprint density at radius 1 is 1.27 bits per heavy atom. The van der Waals surface area contributed by atoms with Gasteiger partial charge in [-0.25, -0.2) is 10.3 Å². The molecule has 1 aliphatic rings. The van der Waals surface area contributed by atoms with Crippen molar-refractivity contribution in [3.05, 3.63) is 54.4 Å². The minimum atomic E-state index is -0.830. The Balaban J connectivity index is 1.67. The molecule has 2 N–H and O–H groups in total. The van der Waals surface area contributed by atoms with E-state index in [9.17, 15) is 14.4 Å². The highest BCUT2D eigenvalue weighted by atomic mass is 16.5. The molecule has 0 aliphatic carbocycles. The standard InChI is InChI=1S/C18H18N4O4/c1-2-26-14-5-3-4-13(10-14)22-16(23)11-15(18(22)25)20-21-17(24)12-6-8-19-9-7-12/h3-10,15,20H,2,11H2,1H3,(H,21,24). The molecule has 1 atom stereocenters. The number of carbonyl (C=O) groups is 3. The number of hydrogen-bond donors (Lipinski definition) is 2. The molecule has 0 spiro atoms. The Morgan fingerprint density at radius 3 is 2.77 bits per heavy atom. The lowest BCUT2D eigenvalue weighted by Crippen LogP contribution is -2.48. The van der Waals surface area contributed by atoms with Gasteiger partial charge in [-0.2, -0.15) is 0 Å². The third-order valence-corrected chi connectivity index (χ3v) is 3.84. The molecule has 1 saturated heterocycles. The van der Waals surface area contributed by atoms with Crippen molar-refractivity contribution < 1.29 is 19.1 Å². The van der Waals surface area contributed by atoms with Crippen molar-refractivity contribution in [3.8, 4) is 5.75 Å². The van der Waals surface area contributed by atoms with Crippen LogP contribution in [0.15, 0.2) is 48.8 Å². The molecule has 1 unspecified atom stereocenters. The maximum absolute atomic E-state index is 12.6. The maximum Gasteiger partial charge on any atom is 0.265 e. The van der Waals surface area contributed by atoms with Crippen molar-refractivity contribution in [2.75, 3.05) is 11.5 Å². The SMILES string of the molecule is CCOc1cccc(N2C(=O)CC(NNC(=O)c3ccncc3)C2=O)c1. The Kier molecular flexibility index (Phi) is 5.23. The lowest BCUT2D eigenvalue weighted by molar-refractivity contribution is -0.121. The van der Waals surface area contributed by atoms with E-state index in [1.807, 2.05) is 6.92 Å². The number of imide groups is 1. The van der Waals surface area contributed by atoms with Crippen LogP contribution in [0.1, 0.15) is 23.7 Å². The number of aromatic nitrogens is 1. The molecule has 1 fully saturated rings. The van der Waals surface area contributed by atoms with E-state index in [0.29, 0.717) is 23.6 Å². The summed E-state index contributed by atoms with van der Waals surface area (Å²) in [5.41, 5.74) is 5.93. The van der Waals surface area contributed by atoms with Crippen molar-refractivity contribution >= 4 is 23.4 Å². The maximum atomic E-state index is 12.6. The van der Waals surface area contributed by atoms with Crippen LogP contribution in [0.2, 0.25) is 0 Å². The minimum absolute atomic E-state index is 0.0473. The van der Waals surface area contributed by atoms with Crippen LogP contribution in [-0.4, -0.2) is 35.4 Å². The first-order valence-corrected chi connectivity index (χ1v) is 8.15. The minimum Gasteiger partial charge on any atom is -0.494 e. The molecule has 0 saturated carbocycles. The van der Waals surface area contributed by atoms with Gasteiger partial charge in [0.15, 0.2) is 0 Å². The van der Waals surface area contributed by atoms with Gasteiger partial charge in [0.1, 0.15) is 11.8 Å². The van der Waals surface area contributed by atoms with E-state index < -0.39 is 17.9 Å². The molecular formula is C18H18N4O4. The first-order valence-electron chi connectivity index (χ1n) is 8.15. The number of hydrogen-bond acceptors (Lipinski definition) is 6. The average Bonchev–Trinajstić information content (AvgIpc) is 2.94. The van der Waals surface area contributed by atoms with Crippen LogP contribution in [0.4, 0.5) is 5.69 Å². The van der Waals surface area contributed by atoms with E-state index in [2.05, 4.69) is 15.8 Å². The molecule has 2 aromatic rings. The number of anilines is 1. The van der Waals surface area contributed by atoms with Crippen LogP contribution < -0.4 is 20.5 Å². The second-order valence-electron chi connectivity index (χ2n) is 5.59. The summed E-state index contributed by atoms with van der Waals surface area (Å²) >= 11 is 0. The van der Waals surface area contributed by atoms with Gasteiger partial charge in [-0.05, 0) is 31.2 Å². The van der Waals surface area contributed by atoms with Crippen molar-refractivity contribution in [1.82, 2.24) is 15.8 Å². The highest BCUT2D eigenvalue weighted by Crippen LogP contribution is 2.26. The van der Waals surface area contributed by atoms with Crippen molar-refractivity contribution in [1.29, 1.82) is 0 Å². The summed E-state index contributed by atoms with van der Waals surface area (Å²) in [6.45, 7) is 2.33. The Labute approximate surface area is 150 Å². The van der Waals surface area contributed by atoms with E-state index >= 15 is 0 Å². The number of rotatable bonds is 6. The van der Waals surface area contributed by atoms with E-state index in [1.54, 1.807) is 36.4 Å². The second kappa shape index (κ2) is 7.75. The molecule has 134 valence electrons. The van der Waals surface area contributed by atoms with E-state index in [1.165, 1.54) is 12.4 Å². The monoisotopic (exact) mass is 354 g/mol. The van der Waals surface area contributed by atoms with E-state index in [4.69, 9.17) is 4.74 Å². The van der Waals surface area contributed by atoms with Gasteiger partial charge in [-0.3, -0.25) is 24.8 Å².